The van der Waals surface area contributed by atoms with Crippen LogP contribution in [0.1, 0.15) is 23.2 Å². The largest absolute Gasteiger partial charge is 0.349 e. The lowest BCUT2D eigenvalue weighted by atomic mass is 10.0. The Labute approximate surface area is 189 Å². The summed E-state index contributed by atoms with van der Waals surface area (Å²) in [5.74, 6) is 0.590. The minimum absolute atomic E-state index is 0.0859. The van der Waals surface area contributed by atoms with Gasteiger partial charge in [0.2, 0.25) is 0 Å². The van der Waals surface area contributed by atoms with Crippen LogP contribution in [0.4, 0.5) is 0 Å². The Morgan fingerprint density at radius 1 is 0.970 bits per heavy atom. The molecule has 0 atom stereocenters. The number of pyridine rings is 2. The predicted molar refractivity (Wildman–Crippen MR) is 126 cm³/mol. The van der Waals surface area contributed by atoms with Gasteiger partial charge in [-0.05, 0) is 55.8 Å². The van der Waals surface area contributed by atoms with E-state index >= 15 is 0 Å². The minimum atomic E-state index is -0.0859. The molecule has 164 valence electrons. The molecule has 5 heterocycles. The summed E-state index contributed by atoms with van der Waals surface area (Å²) in [6.07, 6.45) is 8.74. The maximum absolute atomic E-state index is 12.8. The number of piperidine rings is 1. The second kappa shape index (κ2) is 8.10. The van der Waals surface area contributed by atoms with Crippen LogP contribution in [0.15, 0.2) is 55.1 Å². The number of H-pyrrole nitrogens is 2. The summed E-state index contributed by atoms with van der Waals surface area (Å²) in [7, 11) is 0. The average Bonchev–Trinajstić information content (AvgIpc) is 3.48. The predicted octanol–water partition coefficient (Wildman–Crippen LogP) is 3.05. The number of benzene rings is 1. The molecule has 0 radical (unpaired) electrons. The smallest absolute Gasteiger partial charge is 0.253 e. The van der Waals surface area contributed by atoms with E-state index in [1.54, 1.807) is 24.8 Å². The quantitative estimate of drug-likeness (QED) is 0.342. The molecule has 0 bridgehead atoms. The number of carbonyl (C=O) groups is 1. The summed E-state index contributed by atoms with van der Waals surface area (Å²) >= 11 is 0. The number of imidazole rings is 1. The van der Waals surface area contributed by atoms with Crippen LogP contribution in [0, 0.1) is 0 Å². The molecule has 5 aromatic rings. The van der Waals surface area contributed by atoms with Crippen LogP contribution in [0.3, 0.4) is 0 Å². The van der Waals surface area contributed by atoms with Gasteiger partial charge in [-0.25, -0.2) is 4.98 Å². The van der Waals surface area contributed by atoms with Crippen molar-refractivity contribution in [3.05, 3.63) is 60.7 Å². The van der Waals surface area contributed by atoms with Crippen molar-refractivity contribution in [2.24, 2.45) is 0 Å². The molecule has 1 aliphatic heterocycles. The number of rotatable bonds is 4. The highest BCUT2D eigenvalue weighted by molar-refractivity contribution is 5.97. The molecule has 4 aromatic heterocycles. The number of hydrogen-bond donors (Lipinski definition) is 4. The molecule has 1 aliphatic rings. The molecule has 1 fully saturated rings. The number of carbonyl (C=O) groups excluding carboxylic acids is 1. The van der Waals surface area contributed by atoms with Crippen molar-refractivity contribution >= 4 is 27.8 Å². The Balaban J connectivity index is 1.33. The monoisotopic (exact) mass is 438 g/mol. The number of aromatic nitrogens is 6. The van der Waals surface area contributed by atoms with Crippen LogP contribution in [0.5, 0.6) is 0 Å². The Kier molecular flexibility index (Phi) is 4.80. The van der Waals surface area contributed by atoms with Gasteiger partial charge in [-0.2, -0.15) is 5.10 Å². The molecule has 1 amide bonds. The van der Waals surface area contributed by atoms with Gasteiger partial charge >= 0.3 is 0 Å². The summed E-state index contributed by atoms with van der Waals surface area (Å²) in [6, 6.07) is 9.97. The van der Waals surface area contributed by atoms with Crippen molar-refractivity contribution in [2.45, 2.75) is 18.9 Å². The zero-order chi connectivity index (χ0) is 22.2. The fourth-order valence-corrected chi connectivity index (χ4v) is 4.30. The SMILES string of the molecule is O=C(NC1CCNCC1)c1cncc(-c2ccc3[nH]nc(-c4nc5ccncc5[nH]4)c3c2)c1. The fraction of sp³-hybridized carbons (Fsp3) is 0.208. The van der Waals surface area contributed by atoms with E-state index in [-0.39, 0.29) is 11.9 Å². The Morgan fingerprint density at radius 3 is 2.76 bits per heavy atom. The first-order valence-corrected chi connectivity index (χ1v) is 11.0. The third kappa shape index (κ3) is 3.72. The van der Waals surface area contributed by atoms with Crippen LogP contribution in [0.25, 0.3) is 44.6 Å². The second-order valence-electron chi connectivity index (χ2n) is 8.27. The molecule has 0 unspecified atom stereocenters. The van der Waals surface area contributed by atoms with Crippen molar-refractivity contribution in [1.29, 1.82) is 0 Å². The van der Waals surface area contributed by atoms with Gasteiger partial charge in [0.25, 0.3) is 5.91 Å². The highest BCUT2D eigenvalue weighted by atomic mass is 16.1. The van der Waals surface area contributed by atoms with Crippen molar-refractivity contribution < 1.29 is 4.79 Å². The number of nitrogens with zero attached hydrogens (tertiary/aromatic N) is 4. The molecule has 1 saturated heterocycles. The topological polar surface area (TPSA) is 124 Å². The van der Waals surface area contributed by atoms with Gasteiger partial charge in [0, 0.05) is 35.6 Å². The molecule has 0 saturated carbocycles. The van der Waals surface area contributed by atoms with Gasteiger partial charge in [0.1, 0.15) is 5.69 Å². The summed E-state index contributed by atoms with van der Waals surface area (Å²) in [5.41, 5.74) is 5.71. The molecule has 4 N–H and O–H groups in total. The summed E-state index contributed by atoms with van der Waals surface area (Å²) in [5, 5.41) is 14.9. The maximum Gasteiger partial charge on any atom is 0.253 e. The Hall–Kier alpha value is -4.11. The third-order valence-electron chi connectivity index (χ3n) is 6.08. The summed E-state index contributed by atoms with van der Waals surface area (Å²) in [6.45, 7) is 1.86. The van der Waals surface area contributed by atoms with Gasteiger partial charge in [-0.3, -0.25) is 19.9 Å². The van der Waals surface area contributed by atoms with E-state index in [1.807, 2.05) is 30.3 Å². The number of amides is 1. The van der Waals surface area contributed by atoms with Crippen molar-refractivity contribution in [3.63, 3.8) is 0 Å². The second-order valence-corrected chi connectivity index (χ2v) is 8.27. The van der Waals surface area contributed by atoms with Crippen LogP contribution in [0.2, 0.25) is 0 Å². The third-order valence-corrected chi connectivity index (χ3v) is 6.08. The molecular formula is C24H22N8O. The molecule has 9 nitrogen and oxygen atoms in total. The first-order valence-electron chi connectivity index (χ1n) is 11.0. The van der Waals surface area contributed by atoms with E-state index in [0.29, 0.717) is 11.4 Å². The molecule has 0 spiro atoms. The van der Waals surface area contributed by atoms with Gasteiger partial charge in [-0.1, -0.05) is 6.07 Å². The number of aromatic amines is 2. The van der Waals surface area contributed by atoms with Crippen molar-refractivity contribution in [1.82, 2.24) is 40.8 Å². The highest BCUT2D eigenvalue weighted by Crippen LogP contribution is 2.30. The molecular weight excluding hydrogens is 416 g/mol. The number of nitrogens with one attached hydrogen (secondary N) is 4. The molecule has 0 aliphatic carbocycles. The van der Waals surface area contributed by atoms with E-state index in [4.69, 9.17) is 0 Å². The van der Waals surface area contributed by atoms with E-state index < -0.39 is 0 Å². The molecule has 6 rings (SSSR count). The van der Waals surface area contributed by atoms with Gasteiger partial charge in [-0.15, -0.1) is 0 Å². The van der Waals surface area contributed by atoms with E-state index in [0.717, 1.165) is 64.7 Å². The van der Waals surface area contributed by atoms with E-state index in [2.05, 4.69) is 40.8 Å². The fourth-order valence-electron chi connectivity index (χ4n) is 4.30. The lowest BCUT2D eigenvalue weighted by Crippen LogP contribution is -2.42. The normalized spacial score (nSPS) is 14.7. The first kappa shape index (κ1) is 19.6. The van der Waals surface area contributed by atoms with Crippen LogP contribution in [-0.2, 0) is 0 Å². The van der Waals surface area contributed by atoms with Gasteiger partial charge in [0.15, 0.2) is 5.82 Å². The van der Waals surface area contributed by atoms with Crippen LogP contribution in [-0.4, -0.2) is 55.2 Å². The van der Waals surface area contributed by atoms with Crippen molar-refractivity contribution in [3.8, 4) is 22.6 Å². The standard InChI is InChI=1S/C24H22N8O/c33-24(28-17-3-6-25-7-4-17)16-9-15(11-27-12-16)14-1-2-19-18(10-14)22(32-31-19)23-29-20-5-8-26-13-21(20)30-23/h1-2,5,8-13,17,25H,3-4,6-7H2,(H,28,33)(H,29,30)(H,31,32). The minimum Gasteiger partial charge on any atom is -0.349 e. The average molecular weight is 438 g/mol. The molecule has 1 aromatic carbocycles. The summed E-state index contributed by atoms with van der Waals surface area (Å²) < 4.78 is 0. The van der Waals surface area contributed by atoms with E-state index in [9.17, 15) is 4.79 Å². The Bertz CT molecular complexity index is 1430. The number of fused-ring (bicyclic) bond motifs is 2. The molecule has 9 heteroatoms. The van der Waals surface area contributed by atoms with Crippen LogP contribution < -0.4 is 10.6 Å². The van der Waals surface area contributed by atoms with E-state index in [1.165, 1.54) is 0 Å². The van der Waals surface area contributed by atoms with Crippen LogP contribution >= 0.6 is 0 Å². The summed E-state index contributed by atoms with van der Waals surface area (Å²) in [4.78, 5) is 29.2. The first-order chi connectivity index (χ1) is 16.2. The van der Waals surface area contributed by atoms with Crippen molar-refractivity contribution in [2.75, 3.05) is 13.1 Å². The number of hydrogen-bond acceptors (Lipinski definition) is 6. The Morgan fingerprint density at radius 2 is 1.88 bits per heavy atom. The van der Waals surface area contributed by atoms with Gasteiger partial charge in [0.05, 0.1) is 28.3 Å². The lowest BCUT2D eigenvalue weighted by Gasteiger charge is -2.23. The molecule has 33 heavy (non-hydrogen) atoms. The zero-order valence-corrected chi connectivity index (χ0v) is 17.8. The van der Waals surface area contributed by atoms with Gasteiger partial charge < -0.3 is 15.6 Å². The maximum atomic E-state index is 12.8. The zero-order valence-electron chi connectivity index (χ0n) is 17.8. The lowest BCUT2D eigenvalue weighted by molar-refractivity contribution is 0.0929. The highest BCUT2D eigenvalue weighted by Gasteiger charge is 2.18.